The Morgan fingerprint density at radius 3 is 2.46 bits per heavy atom. The number of nitrogens with one attached hydrogen (secondary N) is 3. The number of rotatable bonds is 8. The topological polar surface area (TPSA) is 118 Å². The molecular formula is C30H33N3O6. The summed E-state index contributed by atoms with van der Waals surface area (Å²) in [5.41, 5.74) is 3.20. The second-order valence-electron chi connectivity index (χ2n) is 9.87. The smallest absolute Gasteiger partial charge is 0.323 e. The Morgan fingerprint density at radius 1 is 1.03 bits per heavy atom. The number of ether oxygens (including phenoxy) is 3. The van der Waals surface area contributed by atoms with E-state index in [2.05, 4.69) is 16.0 Å². The van der Waals surface area contributed by atoms with E-state index >= 15 is 0 Å². The Bertz CT molecular complexity index is 1300. The van der Waals surface area contributed by atoms with E-state index in [0.717, 1.165) is 11.1 Å². The van der Waals surface area contributed by atoms with Crippen LogP contribution in [0.15, 0.2) is 72.8 Å². The van der Waals surface area contributed by atoms with Gasteiger partial charge in [-0.15, -0.1) is 0 Å². The second kappa shape index (κ2) is 11.8. The summed E-state index contributed by atoms with van der Waals surface area (Å²) >= 11 is 0. The molecule has 5 atom stereocenters. The summed E-state index contributed by atoms with van der Waals surface area (Å²) in [6, 6.07) is 21.8. The lowest BCUT2D eigenvalue weighted by atomic mass is 9.84. The number of hydrogen-bond acceptors (Lipinski definition) is 6. The van der Waals surface area contributed by atoms with Crippen LogP contribution in [0.2, 0.25) is 0 Å². The molecule has 3 amide bonds. The van der Waals surface area contributed by atoms with Crippen molar-refractivity contribution in [2.45, 2.75) is 50.0 Å². The molecule has 0 radical (unpaired) electrons. The molecule has 0 unspecified atom stereocenters. The van der Waals surface area contributed by atoms with E-state index in [1.165, 1.54) is 0 Å². The minimum atomic E-state index is -0.560. The predicted octanol–water partition coefficient (Wildman–Crippen LogP) is 4.60. The Balaban J connectivity index is 1.23. The summed E-state index contributed by atoms with van der Waals surface area (Å²) in [5, 5.41) is 18.7. The van der Waals surface area contributed by atoms with Gasteiger partial charge in [0.2, 0.25) is 5.91 Å². The first-order valence-corrected chi connectivity index (χ1v) is 13.1. The molecular weight excluding hydrogens is 498 g/mol. The second-order valence-corrected chi connectivity index (χ2v) is 9.87. The number of anilines is 2. The van der Waals surface area contributed by atoms with Crippen molar-refractivity contribution in [2.75, 3.05) is 24.4 Å². The van der Waals surface area contributed by atoms with Crippen LogP contribution in [0, 0.1) is 0 Å². The minimum absolute atomic E-state index is 0.0818. The van der Waals surface area contributed by atoms with Crippen LogP contribution in [0.25, 0.3) is 0 Å². The quantitative estimate of drug-likeness (QED) is 0.337. The van der Waals surface area contributed by atoms with Crippen LogP contribution < -0.4 is 25.4 Å². The number of carbonyl (C=O) groups excluding carboxylic acids is 2. The van der Waals surface area contributed by atoms with Crippen LogP contribution in [0.4, 0.5) is 16.2 Å². The number of methoxy groups -OCH3 is 1. The summed E-state index contributed by atoms with van der Waals surface area (Å²) in [5.74, 6) is 1.20. The molecule has 2 aliphatic rings. The van der Waals surface area contributed by atoms with Crippen LogP contribution >= 0.6 is 0 Å². The maximum atomic E-state index is 12.8. The molecule has 2 aliphatic heterocycles. The Morgan fingerprint density at radius 2 is 1.74 bits per heavy atom. The van der Waals surface area contributed by atoms with Crippen molar-refractivity contribution in [3.63, 3.8) is 0 Å². The van der Waals surface area contributed by atoms with Gasteiger partial charge in [0.25, 0.3) is 0 Å². The number of urea groups is 1. The zero-order valence-electron chi connectivity index (χ0n) is 21.9. The highest BCUT2D eigenvalue weighted by Gasteiger charge is 2.46. The van der Waals surface area contributed by atoms with Crippen LogP contribution in [0.5, 0.6) is 11.5 Å². The van der Waals surface area contributed by atoms with Gasteiger partial charge in [0.05, 0.1) is 32.3 Å². The van der Waals surface area contributed by atoms with Gasteiger partial charge in [0, 0.05) is 22.9 Å². The minimum Gasteiger partial charge on any atom is -0.497 e. The molecule has 9 heteroatoms. The molecule has 0 aliphatic carbocycles. The fourth-order valence-electron chi connectivity index (χ4n) is 5.27. The van der Waals surface area contributed by atoms with Gasteiger partial charge in [-0.1, -0.05) is 30.3 Å². The molecule has 9 nitrogen and oxygen atoms in total. The van der Waals surface area contributed by atoms with Gasteiger partial charge in [0.15, 0.2) is 0 Å². The van der Waals surface area contributed by atoms with Crippen molar-refractivity contribution in [2.24, 2.45) is 0 Å². The molecule has 1 fully saturated rings. The summed E-state index contributed by atoms with van der Waals surface area (Å²) in [6.45, 7) is 1.73. The molecule has 39 heavy (non-hydrogen) atoms. The van der Waals surface area contributed by atoms with Crippen molar-refractivity contribution in [3.05, 3.63) is 83.9 Å². The fraction of sp³-hybridized carbons (Fsp3) is 0.333. The van der Waals surface area contributed by atoms with Crippen LogP contribution in [-0.2, 0) is 9.53 Å². The molecule has 2 heterocycles. The number of carbonyl (C=O) groups is 2. The summed E-state index contributed by atoms with van der Waals surface area (Å²) in [4.78, 5) is 25.4. The van der Waals surface area contributed by atoms with E-state index in [-0.39, 0.29) is 49.1 Å². The first-order chi connectivity index (χ1) is 18.9. The Labute approximate surface area is 227 Å². The zero-order valence-corrected chi connectivity index (χ0v) is 21.9. The number of amides is 3. The Kier molecular flexibility index (Phi) is 7.99. The monoisotopic (exact) mass is 531 g/mol. The molecule has 5 rings (SSSR count). The van der Waals surface area contributed by atoms with E-state index in [4.69, 9.17) is 14.2 Å². The van der Waals surface area contributed by atoms with Crippen molar-refractivity contribution in [3.8, 4) is 11.5 Å². The van der Waals surface area contributed by atoms with E-state index in [0.29, 0.717) is 29.3 Å². The number of benzene rings is 3. The third-order valence-corrected chi connectivity index (χ3v) is 7.20. The molecule has 0 spiro atoms. The van der Waals surface area contributed by atoms with E-state index in [1.54, 1.807) is 37.4 Å². The predicted molar refractivity (Wildman–Crippen MR) is 147 cm³/mol. The van der Waals surface area contributed by atoms with Crippen molar-refractivity contribution in [1.29, 1.82) is 0 Å². The van der Waals surface area contributed by atoms with Crippen LogP contribution in [-0.4, -0.2) is 49.1 Å². The SMILES string of the molecule is COc1ccc(NC(=O)Nc2ccc3c(c2)[C@H]2C[C@H](CC(=O)N[C@@H](C)c4ccccc4)O[C@@H](CO)[C@H]2O3)cc1. The first kappa shape index (κ1) is 26.5. The van der Waals surface area contributed by atoms with Crippen LogP contribution in [0.3, 0.4) is 0 Å². The summed E-state index contributed by atoms with van der Waals surface area (Å²) in [7, 11) is 1.59. The lowest BCUT2D eigenvalue weighted by molar-refractivity contribution is -0.142. The van der Waals surface area contributed by atoms with E-state index < -0.39 is 6.10 Å². The lowest BCUT2D eigenvalue weighted by Gasteiger charge is -2.37. The summed E-state index contributed by atoms with van der Waals surface area (Å²) < 4.78 is 17.4. The number of aliphatic hydroxyl groups is 1. The first-order valence-electron chi connectivity index (χ1n) is 13.1. The third kappa shape index (κ3) is 6.16. The highest BCUT2D eigenvalue weighted by Crippen LogP contribution is 2.47. The van der Waals surface area contributed by atoms with Crippen LogP contribution in [0.1, 0.15) is 42.9 Å². The number of fused-ring (bicyclic) bond motifs is 3. The van der Waals surface area contributed by atoms with Gasteiger partial charge in [-0.05, 0) is 61.4 Å². The van der Waals surface area contributed by atoms with Crippen molar-refractivity contribution in [1.82, 2.24) is 5.32 Å². The molecule has 0 bridgehead atoms. The zero-order chi connectivity index (χ0) is 27.4. The van der Waals surface area contributed by atoms with Gasteiger partial charge >= 0.3 is 6.03 Å². The molecule has 0 aromatic heterocycles. The van der Waals surface area contributed by atoms with Gasteiger partial charge in [-0.3, -0.25) is 4.79 Å². The average molecular weight is 532 g/mol. The molecule has 1 saturated heterocycles. The standard InChI is InChI=1S/C30H33N3O6/c1-18(19-6-4-3-5-7-19)31-28(35)16-23-15-25-24-14-21(10-13-26(24)39-29(25)27(17-34)38-23)33-30(36)32-20-8-11-22(37-2)12-9-20/h3-14,18,23,25,27,29,34H,15-17H2,1-2H3,(H,31,35)(H2,32,33,36)/t18-,23+,25+,27-,29-/m0/s1. The fourth-order valence-corrected chi connectivity index (χ4v) is 5.27. The van der Waals surface area contributed by atoms with Gasteiger partial charge in [-0.2, -0.15) is 0 Å². The largest absolute Gasteiger partial charge is 0.497 e. The average Bonchev–Trinajstić information content (AvgIpc) is 3.31. The van der Waals surface area contributed by atoms with Crippen molar-refractivity contribution >= 4 is 23.3 Å². The Hall–Kier alpha value is -4.08. The molecule has 0 saturated carbocycles. The van der Waals surface area contributed by atoms with E-state index in [1.807, 2.05) is 49.4 Å². The van der Waals surface area contributed by atoms with Gasteiger partial charge in [0.1, 0.15) is 23.7 Å². The molecule has 204 valence electrons. The molecule has 4 N–H and O–H groups in total. The summed E-state index contributed by atoms with van der Waals surface area (Å²) in [6.07, 6.45) is -0.570. The maximum Gasteiger partial charge on any atom is 0.323 e. The maximum absolute atomic E-state index is 12.8. The molecule has 3 aromatic rings. The number of hydrogen-bond donors (Lipinski definition) is 4. The van der Waals surface area contributed by atoms with E-state index in [9.17, 15) is 14.7 Å². The lowest BCUT2D eigenvalue weighted by Crippen LogP contribution is -2.47. The number of aliphatic hydroxyl groups excluding tert-OH is 1. The normalized spacial score (nSPS) is 22.0. The van der Waals surface area contributed by atoms with Gasteiger partial charge < -0.3 is 35.3 Å². The highest BCUT2D eigenvalue weighted by molar-refractivity contribution is 5.99. The highest BCUT2D eigenvalue weighted by atomic mass is 16.6. The van der Waals surface area contributed by atoms with Gasteiger partial charge in [-0.25, -0.2) is 4.79 Å². The molecule has 3 aromatic carbocycles. The van der Waals surface area contributed by atoms with Crippen molar-refractivity contribution < 1.29 is 28.9 Å². The third-order valence-electron chi connectivity index (χ3n) is 7.20.